The van der Waals surface area contributed by atoms with Crippen molar-refractivity contribution >= 4 is 23.4 Å². The highest BCUT2D eigenvalue weighted by Crippen LogP contribution is 2.29. The lowest BCUT2D eigenvalue weighted by Crippen LogP contribution is -2.27. The zero-order valence-electron chi connectivity index (χ0n) is 7.79. The summed E-state index contributed by atoms with van der Waals surface area (Å²) in [5.74, 6) is 0. The van der Waals surface area contributed by atoms with Gasteiger partial charge in [-0.2, -0.15) is 0 Å². The van der Waals surface area contributed by atoms with E-state index in [1.54, 1.807) is 0 Å². The number of benzene rings is 1. The van der Waals surface area contributed by atoms with Crippen LogP contribution in [0.2, 0.25) is 0 Å². The van der Waals surface area contributed by atoms with Gasteiger partial charge in [0.25, 0.3) is 0 Å². The van der Waals surface area contributed by atoms with E-state index in [1.165, 1.54) is 16.8 Å². The van der Waals surface area contributed by atoms with Crippen molar-refractivity contribution in [2.24, 2.45) is 0 Å². The Morgan fingerprint density at radius 1 is 1.38 bits per heavy atom. The highest BCUT2D eigenvalue weighted by molar-refractivity contribution is 6.23. The maximum Gasteiger partial charge on any atom is 0.123 e. The van der Waals surface area contributed by atoms with Crippen LogP contribution in [-0.2, 0) is 0 Å². The Hall–Kier alpha value is -0.950. The summed E-state index contributed by atoms with van der Waals surface area (Å²) in [5.41, 5.74) is 3.70. The van der Waals surface area contributed by atoms with E-state index in [2.05, 4.69) is 36.1 Å². The molecule has 1 atom stereocenters. The van der Waals surface area contributed by atoms with Crippen LogP contribution in [-0.4, -0.2) is 12.5 Å². The molecular formula is C11H12ClN. The summed E-state index contributed by atoms with van der Waals surface area (Å²) >= 11 is 6.09. The number of likely N-dealkylation sites (N-methyl/N-ethyl adjacent to an activating group) is 1. The first-order chi connectivity index (χ1) is 6.18. The third-order valence-corrected chi connectivity index (χ3v) is 2.81. The van der Waals surface area contributed by atoms with Gasteiger partial charge in [-0.3, -0.25) is 0 Å². The third-order valence-electron chi connectivity index (χ3n) is 2.37. The Morgan fingerprint density at radius 3 is 2.92 bits per heavy atom. The number of hydrogen-bond acceptors (Lipinski definition) is 1. The Labute approximate surface area is 83.6 Å². The lowest BCUT2D eigenvalue weighted by atomic mass is 10.1. The van der Waals surface area contributed by atoms with Crippen LogP contribution in [0.4, 0.5) is 5.69 Å². The molecule has 2 rings (SSSR count). The minimum absolute atomic E-state index is 0.0192. The van der Waals surface area contributed by atoms with Gasteiger partial charge in [0.2, 0.25) is 0 Å². The Morgan fingerprint density at radius 2 is 2.15 bits per heavy atom. The van der Waals surface area contributed by atoms with Gasteiger partial charge in [-0.15, -0.1) is 0 Å². The molecule has 0 saturated carbocycles. The zero-order chi connectivity index (χ0) is 9.42. The predicted octanol–water partition coefficient (Wildman–Crippen LogP) is 3.02. The van der Waals surface area contributed by atoms with Crippen LogP contribution in [0.3, 0.4) is 0 Å². The van der Waals surface area contributed by atoms with E-state index < -0.39 is 0 Å². The van der Waals surface area contributed by atoms with E-state index in [-0.39, 0.29) is 5.50 Å². The number of fused-ring (bicyclic) bond motifs is 1. The second-order valence-corrected chi connectivity index (χ2v) is 3.85. The van der Waals surface area contributed by atoms with E-state index >= 15 is 0 Å². The summed E-state index contributed by atoms with van der Waals surface area (Å²) in [5, 5.41) is 0. The Bertz CT molecular complexity index is 357. The maximum atomic E-state index is 6.09. The van der Waals surface area contributed by atoms with Crippen LogP contribution in [0.1, 0.15) is 11.1 Å². The van der Waals surface area contributed by atoms with Crippen molar-refractivity contribution in [2.45, 2.75) is 12.4 Å². The van der Waals surface area contributed by atoms with Crippen molar-refractivity contribution in [3.63, 3.8) is 0 Å². The Kier molecular flexibility index (Phi) is 2.04. The van der Waals surface area contributed by atoms with E-state index in [0.29, 0.717) is 0 Å². The third kappa shape index (κ3) is 1.44. The van der Waals surface area contributed by atoms with Gasteiger partial charge in [0.15, 0.2) is 0 Å². The SMILES string of the molecule is Cc1ccc2c(c1)N(C)C(Cl)C=C2. The van der Waals surface area contributed by atoms with E-state index in [1.807, 2.05) is 13.1 Å². The molecule has 0 aliphatic carbocycles. The average molecular weight is 194 g/mol. The fraction of sp³-hybridized carbons (Fsp3) is 0.273. The molecule has 0 radical (unpaired) electrons. The summed E-state index contributed by atoms with van der Waals surface area (Å²) in [6.45, 7) is 2.09. The molecule has 0 aromatic heterocycles. The standard InChI is InChI=1S/C11H12ClN/c1-8-3-4-9-5-6-11(12)13(2)10(9)7-8/h3-7,11H,1-2H3. The van der Waals surface area contributed by atoms with Crippen LogP contribution in [0, 0.1) is 6.92 Å². The van der Waals surface area contributed by atoms with E-state index in [9.17, 15) is 0 Å². The van der Waals surface area contributed by atoms with Gasteiger partial charge in [0.1, 0.15) is 5.50 Å². The summed E-state index contributed by atoms with van der Waals surface area (Å²) < 4.78 is 0. The van der Waals surface area contributed by atoms with Gasteiger partial charge in [0.05, 0.1) is 0 Å². The van der Waals surface area contributed by atoms with Gasteiger partial charge in [-0.05, 0) is 30.2 Å². The molecule has 0 spiro atoms. The molecule has 68 valence electrons. The van der Waals surface area contributed by atoms with Crippen molar-refractivity contribution < 1.29 is 0 Å². The largest absolute Gasteiger partial charge is 0.355 e. The first-order valence-corrected chi connectivity index (χ1v) is 4.78. The summed E-state index contributed by atoms with van der Waals surface area (Å²) in [4.78, 5) is 2.07. The number of aryl methyl sites for hydroxylation is 1. The summed E-state index contributed by atoms with van der Waals surface area (Å²) in [6, 6.07) is 6.40. The smallest absolute Gasteiger partial charge is 0.123 e. The van der Waals surface area contributed by atoms with Crippen molar-refractivity contribution in [1.29, 1.82) is 0 Å². The van der Waals surface area contributed by atoms with Crippen LogP contribution in [0.25, 0.3) is 6.08 Å². The number of alkyl halides is 1. The molecule has 0 fully saturated rings. The van der Waals surface area contributed by atoms with Crippen LogP contribution >= 0.6 is 11.6 Å². The van der Waals surface area contributed by atoms with Crippen LogP contribution < -0.4 is 4.90 Å². The van der Waals surface area contributed by atoms with Gasteiger partial charge >= 0.3 is 0 Å². The number of rotatable bonds is 0. The van der Waals surface area contributed by atoms with Gasteiger partial charge < -0.3 is 4.90 Å². The highest BCUT2D eigenvalue weighted by Gasteiger charge is 2.15. The molecule has 0 bridgehead atoms. The highest BCUT2D eigenvalue weighted by atomic mass is 35.5. The van der Waals surface area contributed by atoms with E-state index in [4.69, 9.17) is 11.6 Å². The molecule has 1 unspecified atom stereocenters. The lowest BCUT2D eigenvalue weighted by Gasteiger charge is -2.28. The summed E-state index contributed by atoms with van der Waals surface area (Å²) in [6.07, 6.45) is 4.08. The molecular weight excluding hydrogens is 182 g/mol. The second-order valence-electron chi connectivity index (χ2n) is 3.40. The molecule has 2 heteroatoms. The molecule has 13 heavy (non-hydrogen) atoms. The molecule has 0 N–H and O–H groups in total. The number of hydrogen-bond donors (Lipinski definition) is 0. The molecule has 1 aliphatic rings. The minimum Gasteiger partial charge on any atom is -0.355 e. The normalized spacial score (nSPS) is 20.2. The number of nitrogens with zero attached hydrogens (tertiary/aromatic N) is 1. The molecule has 1 aromatic carbocycles. The molecule has 1 aliphatic heterocycles. The maximum absolute atomic E-state index is 6.09. The lowest BCUT2D eigenvalue weighted by molar-refractivity contribution is 0.955. The topological polar surface area (TPSA) is 3.24 Å². The fourth-order valence-corrected chi connectivity index (χ4v) is 1.72. The minimum atomic E-state index is -0.0192. The number of halogens is 1. The van der Waals surface area contributed by atoms with Crippen LogP contribution in [0.15, 0.2) is 24.3 Å². The first-order valence-electron chi connectivity index (χ1n) is 4.34. The average Bonchev–Trinajstić information content (AvgIpc) is 2.12. The van der Waals surface area contributed by atoms with Gasteiger partial charge in [-0.1, -0.05) is 29.8 Å². The van der Waals surface area contributed by atoms with Gasteiger partial charge in [0, 0.05) is 12.7 Å². The van der Waals surface area contributed by atoms with Crippen molar-refractivity contribution in [1.82, 2.24) is 0 Å². The van der Waals surface area contributed by atoms with Crippen LogP contribution in [0.5, 0.6) is 0 Å². The van der Waals surface area contributed by atoms with Crippen molar-refractivity contribution in [3.05, 3.63) is 35.4 Å². The van der Waals surface area contributed by atoms with Crippen molar-refractivity contribution in [2.75, 3.05) is 11.9 Å². The van der Waals surface area contributed by atoms with E-state index in [0.717, 1.165) is 0 Å². The molecule has 1 nitrogen and oxygen atoms in total. The fourth-order valence-electron chi connectivity index (χ4n) is 1.55. The molecule has 1 aromatic rings. The summed E-state index contributed by atoms with van der Waals surface area (Å²) in [7, 11) is 2.01. The monoisotopic (exact) mass is 193 g/mol. The molecule has 0 amide bonds. The van der Waals surface area contributed by atoms with Gasteiger partial charge in [-0.25, -0.2) is 0 Å². The predicted molar refractivity (Wildman–Crippen MR) is 58.3 cm³/mol. The zero-order valence-corrected chi connectivity index (χ0v) is 8.55. The Balaban J connectivity index is 2.54. The molecule has 1 heterocycles. The molecule has 0 saturated heterocycles. The van der Waals surface area contributed by atoms with Crippen molar-refractivity contribution in [3.8, 4) is 0 Å². The first kappa shape index (κ1) is 8.64. The second kappa shape index (κ2) is 3.08. The quantitative estimate of drug-likeness (QED) is 0.452. The number of anilines is 1.